The average molecular weight is 773 g/mol. The van der Waals surface area contributed by atoms with Crippen LogP contribution in [0.2, 0.25) is 0 Å². The summed E-state index contributed by atoms with van der Waals surface area (Å²) >= 11 is 1.84. The fourth-order valence-corrected chi connectivity index (χ4v) is 10.2. The Hall–Kier alpha value is -7.41. The first-order valence-electron chi connectivity index (χ1n) is 19.7. The normalized spacial score (nSPS) is 15.1. The minimum absolute atomic E-state index is 0.563. The molecule has 59 heavy (non-hydrogen) atoms. The van der Waals surface area contributed by atoms with Crippen LogP contribution in [0.15, 0.2) is 196 Å². The van der Waals surface area contributed by atoms with Gasteiger partial charge in [0.05, 0.1) is 22.4 Å². The van der Waals surface area contributed by atoms with Gasteiger partial charge in [-0.1, -0.05) is 157 Å². The highest BCUT2D eigenvalue weighted by Gasteiger charge is 2.47. The number of nitrogens with zero attached hydrogens (tertiary/aromatic N) is 4. The second kappa shape index (κ2) is 13.3. The Bertz CT molecular complexity index is 3300. The van der Waals surface area contributed by atoms with Crippen molar-refractivity contribution in [1.82, 2.24) is 19.9 Å². The van der Waals surface area contributed by atoms with E-state index in [4.69, 9.17) is 24.4 Å². The fourth-order valence-electron chi connectivity index (χ4n) is 8.99. The lowest BCUT2D eigenvalue weighted by Gasteiger charge is -2.42. The molecule has 1 spiro atoms. The van der Waals surface area contributed by atoms with Crippen molar-refractivity contribution in [2.24, 2.45) is 0 Å². The minimum Gasteiger partial charge on any atom is -0.456 e. The molecule has 1 aliphatic heterocycles. The van der Waals surface area contributed by atoms with Crippen LogP contribution in [0, 0.1) is 0 Å². The van der Waals surface area contributed by atoms with Crippen LogP contribution in [-0.2, 0) is 5.41 Å². The van der Waals surface area contributed by atoms with Gasteiger partial charge >= 0.3 is 0 Å². The van der Waals surface area contributed by atoms with Crippen LogP contribution in [0.5, 0.6) is 0 Å². The molecule has 1 atom stereocenters. The highest BCUT2D eigenvalue weighted by atomic mass is 32.2. The highest BCUT2D eigenvalue weighted by molar-refractivity contribution is 7.99. The summed E-state index contributed by atoms with van der Waals surface area (Å²) in [5.74, 6) is 1.22. The number of fused-ring (bicyclic) bond motifs is 11. The van der Waals surface area contributed by atoms with Crippen molar-refractivity contribution in [2.45, 2.75) is 15.2 Å². The van der Waals surface area contributed by atoms with Gasteiger partial charge in [-0.05, 0) is 69.8 Å². The van der Waals surface area contributed by atoms with E-state index in [9.17, 15) is 0 Å². The zero-order chi connectivity index (χ0) is 38.9. The first-order chi connectivity index (χ1) is 29.2. The number of hydrogen-bond donors (Lipinski definition) is 0. The molecular weight excluding hydrogens is 741 g/mol. The van der Waals surface area contributed by atoms with E-state index in [-0.39, 0.29) is 0 Å². The Morgan fingerprint density at radius 2 is 1.07 bits per heavy atom. The first-order valence-corrected chi connectivity index (χ1v) is 20.5. The van der Waals surface area contributed by atoms with Crippen molar-refractivity contribution in [1.29, 1.82) is 0 Å². The van der Waals surface area contributed by atoms with Gasteiger partial charge in [0.25, 0.3) is 0 Å². The molecule has 3 aromatic heterocycles. The van der Waals surface area contributed by atoms with E-state index in [1.54, 1.807) is 0 Å². The van der Waals surface area contributed by atoms with E-state index in [1.807, 2.05) is 78.8 Å². The molecule has 0 fully saturated rings. The topological polar surface area (TPSA) is 64.7 Å². The Labute approximate surface area is 344 Å². The molecule has 2 aliphatic rings. The molecule has 7 aromatic carbocycles. The Morgan fingerprint density at radius 3 is 1.88 bits per heavy atom. The van der Waals surface area contributed by atoms with Gasteiger partial charge in [-0.3, -0.25) is 0 Å². The summed E-state index contributed by atoms with van der Waals surface area (Å²) < 4.78 is 6.63. The molecule has 0 bridgehead atoms. The lowest BCUT2D eigenvalue weighted by atomic mass is 9.63. The number of aromatic nitrogens is 4. The van der Waals surface area contributed by atoms with Gasteiger partial charge in [0.2, 0.25) is 0 Å². The number of para-hydroxylation sites is 1. The molecule has 12 rings (SSSR count). The summed E-state index contributed by atoms with van der Waals surface area (Å²) in [5.41, 5.74) is 13.6. The molecule has 276 valence electrons. The number of rotatable bonds is 4. The summed E-state index contributed by atoms with van der Waals surface area (Å²) in [6.07, 6.45) is 8.18. The van der Waals surface area contributed by atoms with E-state index in [2.05, 4.69) is 127 Å². The van der Waals surface area contributed by atoms with Crippen LogP contribution >= 0.6 is 11.8 Å². The quantitative estimate of drug-likeness (QED) is 0.177. The Morgan fingerprint density at radius 1 is 0.407 bits per heavy atom. The average Bonchev–Trinajstić information content (AvgIpc) is 3.60. The molecule has 0 amide bonds. The third kappa shape index (κ3) is 5.34. The van der Waals surface area contributed by atoms with E-state index in [0.717, 1.165) is 61.1 Å². The third-order valence-electron chi connectivity index (χ3n) is 11.7. The number of furan rings is 1. The maximum atomic E-state index is 6.63. The number of benzene rings is 7. The van der Waals surface area contributed by atoms with Crippen molar-refractivity contribution in [3.63, 3.8) is 0 Å². The van der Waals surface area contributed by atoms with Crippen LogP contribution in [0.4, 0.5) is 0 Å². The van der Waals surface area contributed by atoms with Crippen molar-refractivity contribution in [3.05, 3.63) is 216 Å². The summed E-state index contributed by atoms with van der Waals surface area (Å²) in [6.45, 7) is 0. The standard InChI is InChI=1S/C53H32N4OS/c1-3-14-35(15-4-1)45-30-46(57-52(56-45)38-31-54-51(55-32-38)36-16-5-2-6-17-36)37-26-25-34-24-23-33-13-7-9-19-41(33)53(43(34)27-37)42-20-10-12-22-49(42)59-50-28-40-39-18-8-11-21-47(39)58-48(40)29-44(50)53/h1-32H. The third-order valence-corrected chi connectivity index (χ3v) is 12.8. The molecule has 5 nitrogen and oxygen atoms in total. The molecule has 1 aliphatic carbocycles. The van der Waals surface area contributed by atoms with Crippen LogP contribution in [0.1, 0.15) is 33.4 Å². The summed E-state index contributed by atoms with van der Waals surface area (Å²) in [4.78, 5) is 22.3. The monoisotopic (exact) mass is 772 g/mol. The van der Waals surface area contributed by atoms with Crippen molar-refractivity contribution in [2.75, 3.05) is 0 Å². The number of hydrogen-bond acceptors (Lipinski definition) is 6. The predicted octanol–water partition coefficient (Wildman–Crippen LogP) is 13.2. The molecular formula is C53H32N4OS. The van der Waals surface area contributed by atoms with Crippen molar-refractivity contribution >= 4 is 45.9 Å². The maximum absolute atomic E-state index is 6.63. The lowest BCUT2D eigenvalue weighted by molar-refractivity contribution is 0.659. The first kappa shape index (κ1) is 33.7. The minimum atomic E-state index is -0.686. The zero-order valence-corrected chi connectivity index (χ0v) is 32.4. The molecule has 0 N–H and O–H groups in total. The van der Waals surface area contributed by atoms with Crippen LogP contribution < -0.4 is 0 Å². The second-order valence-corrected chi connectivity index (χ2v) is 16.1. The predicted molar refractivity (Wildman–Crippen MR) is 238 cm³/mol. The molecule has 0 saturated heterocycles. The van der Waals surface area contributed by atoms with Gasteiger partial charge in [0, 0.05) is 49.6 Å². The van der Waals surface area contributed by atoms with Gasteiger partial charge in [-0.15, -0.1) is 0 Å². The van der Waals surface area contributed by atoms with E-state index in [0.29, 0.717) is 11.6 Å². The highest BCUT2D eigenvalue weighted by Crippen LogP contribution is 2.59. The summed E-state index contributed by atoms with van der Waals surface area (Å²) in [5, 5.41) is 2.25. The zero-order valence-electron chi connectivity index (χ0n) is 31.6. The largest absolute Gasteiger partial charge is 0.456 e. The van der Waals surface area contributed by atoms with Crippen molar-refractivity contribution < 1.29 is 4.42 Å². The van der Waals surface area contributed by atoms with Gasteiger partial charge in [-0.25, -0.2) is 19.9 Å². The van der Waals surface area contributed by atoms with E-state index in [1.165, 1.54) is 37.6 Å². The summed E-state index contributed by atoms with van der Waals surface area (Å²) in [6, 6.07) is 59.9. The lowest BCUT2D eigenvalue weighted by Crippen LogP contribution is -2.35. The van der Waals surface area contributed by atoms with E-state index >= 15 is 0 Å². The van der Waals surface area contributed by atoms with Gasteiger partial charge < -0.3 is 4.42 Å². The van der Waals surface area contributed by atoms with E-state index < -0.39 is 5.41 Å². The smallest absolute Gasteiger partial charge is 0.163 e. The van der Waals surface area contributed by atoms with Crippen molar-refractivity contribution in [3.8, 4) is 45.3 Å². The second-order valence-electron chi connectivity index (χ2n) is 15.0. The Balaban J connectivity index is 1.11. The van der Waals surface area contributed by atoms with Crippen LogP contribution in [-0.4, -0.2) is 19.9 Å². The van der Waals surface area contributed by atoms with Gasteiger partial charge in [-0.2, -0.15) is 0 Å². The Kier molecular flexibility index (Phi) is 7.62. The van der Waals surface area contributed by atoms with Gasteiger partial charge in [0.15, 0.2) is 11.6 Å². The molecule has 4 heterocycles. The molecule has 1 unspecified atom stereocenters. The maximum Gasteiger partial charge on any atom is 0.163 e. The summed E-state index contributed by atoms with van der Waals surface area (Å²) in [7, 11) is 0. The molecule has 6 heteroatoms. The molecule has 10 aromatic rings. The fraction of sp³-hybridized carbons (Fsp3) is 0.0189. The van der Waals surface area contributed by atoms with Crippen LogP contribution in [0.25, 0.3) is 79.4 Å². The molecule has 0 radical (unpaired) electrons. The SMILES string of the molecule is C1=Cc2ccc(-c3cc(-c4ccccc4)nc(-c4cnc(-c5ccccc5)nc4)n3)cc2C2(c3ccccc31)c1ccccc1Sc1cc3c(cc12)oc1ccccc13. The van der Waals surface area contributed by atoms with Gasteiger partial charge in [0.1, 0.15) is 11.2 Å². The van der Waals surface area contributed by atoms with Crippen LogP contribution in [0.3, 0.4) is 0 Å². The molecule has 0 saturated carbocycles.